The van der Waals surface area contributed by atoms with Gasteiger partial charge < -0.3 is 10.3 Å². The van der Waals surface area contributed by atoms with Gasteiger partial charge in [-0.2, -0.15) is 0 Å². The van der Waals surface area contributed by atoms with E-state index in [0.717, 1.165) is 25.1 Å². The van der Waals surface area contributed by atoms with Crippen LogP contribution in [-0.4, -0.2) is 11.5 Å². The first-order valence-electron chi connectivity index (χ1n) is 5.41. The predicted molar refractivity (Wildman–Crippen MR) is 62.6 cm³/mol. The number of rotatable bonds is 5. The normalized spacial score (nSPS) is 10.6. The third kappa shape index (κ3) is 3.21. The second-order valence-electron chi connectivity index (χ2n) is 3.77. The van der Waals surface area contributed by atoms with Crippen molar-refractivity contribution in [1.82, 2.24) is 10.3 Å². The summed E-state index contributed by atoms with van der Waals surface area (Å²) in [4.78, 5) is 3.01. The van der Waals surface area contributed by atoms with Gasteiger partial charge in [-0.1, -0.05) is 12.1 Å². The molecule has 0 aliphatic rings. The van der Waals surface area contributed by atoms with Gasteiger partial charge in [0.1, 0.15) is 5.82 Å². The molecule has 0 unspecified atom stereocenters. The highest BCUT2D eigenvalue weighted by molar-refractivity contribution is 5.16. The summed E-state index contributed by atoms with van der Waals surface area (Å²) in [6, 6.07) is 8.70. The Labute approximate surface area is 94.5 Å². The summed E-state index contributed by atoms with van der Waals surface area (Å²) in [7, 11) is 0. The zero-order chi connectivity index (χ0) is 11.2. The van der Waals surface area contributed by atoms with Crippen LogP contribution in [0.25, 0.3) is 0 Å². The number of aromatic nitrogens is 1. The number of benzene rings is 1. The second kappa shape index (κ2) is 5.47. The highest BCUT2D eigenvalue weighted by atomic mass is 19.1. The number of hydrogen-bond donors (Lipinski definition) is 2. The Kier molecular flexibility index (Phi) is 3.72. The van der Waals surface area contributed by atoms with Crippen LogP contribution in [-0.2, 0) is 13.0 Å². The van der Waals surface area contributed by atoms with Crippen LogP contribution in [0, 0.1) is 5.82 Å². The van der Waals surface area contributed by atoms with Crippen molar-refractivity contribution >= 4 is 0 Å². The summed E-state index contributed by atoms with van der Waals surface area (Å²) in [5.41, 5.74) is 2.40. The second-order valence-corrected chi connectivity index (χ2v) is 3.77. The van der Waals surface area contributed by atoms with Crippen LogP contribution < -0.4 is 5.32 Å². The van der Waals surface area contributed by atoms with Crippen LogP contribution in [0.15, 0.2) is 42.7 Å². The molecule has 0 spiro atoms. The minimum Gasteiger partial charge on any atom is -0.367 e. The molecule has 0 saturated carbocycles. The Morgan fingerprint density at radius 2 is 1.88 bits per heavy atom. The van der Waals surface area contributed by atoms with Gasteiger partial charge >= 0.3 is 0 Å². The Morgan fingerprint density at radius 3 is 2.56 bits per heavy atom. The fourth-order valence-corrected chi connectivity index (χ4v) is 1.58. The Hall–Kier alpha value is -1.61. The lowest BCUT2D eigenvalue weighted by molar-refractivity contribution is 0.626. The van der Waals surface area contributed by atoms with Crippen molar-refractivity contribution in [1.29, 1.82) is 0 Å². The number of H-pyrrole nitrogens is 1. The van der Waals surface area contributed by atoms with Crippen LogP contribution in [0.4, 0.5) is 4.39 Å². The Morgan fingerprint density at radius 1 is 1.06 bits per heavy atom. The van der Waals surface area contributed by atoms with Crippen molar-refractivity contribution < 1.29 is 4.39 Å². The molecule has 0 amide bonds. The van der Waals surface area contributed by atoms with Gasteiger partial charge in [-0.05, 0) is 42.3 Å². The molecular weight excluding hydrogens is 203 g/mol. The Bertz CT molecular complexity index is 406. The number of nitrogens with one attached hydrogen (secondary N) is 2. The standard InChI is InChI=1S/C13H15FN2/c14-13-3-1-11(2-4-13)5-7-15-9-12-6-8-16-10-12/h1-4,6,8,10,15-16H,5,7,9H2. The van der Waals surface area contributed by atoms with Crippen molar-refractivity contribution in [3.63, 3.8) is 0 Å². The maximum Gasteiger partial charge on any atom is 0.123 e. The smallest absolute Gasteiger partial charge is 0.123 e. The van der Waals surface area contributed by atoms with Crippen LogP contribution >= 0.6 is 0 Å². The molecule has 0 aliphatic carbocycles. The topological polar surface area (TPSA) is 27.8 Å². The molecule has 1 aromatic heterocycles. The Balaban J connectivity index is 1.70. The van der Waals surface area contributed by atoms with Crippen LogP contribution in [0.5, 0.6) is 0 Å². The molecule has 0 saturated heterocycles. The first-order valence-corrected chi connectivity index (χ1v) is 5.41. The molecule has 1 aromatic carbocycles. The molecule has 1 heterocycles. The summed E-state index contributed by atoms with van der Waals surface area (Å²) in [6.07, 6.45) is 4.81. The molecule has 0 bridgehead atoms. The summed E-state index contributed by atoms with van der Waals surface area (Å²) in [5.74, 6) is -0.177. The molecule has 2 nitrogen and oxygen atoms in total. The minimum absolute atomic E-state index is 0.177. The lowest BCUT2D eigenvalue weighted by Crippen LogP contribution is -2.16. The molecule has 3 heteroatoms. The number of hydrogen-bond acceptors (Lipinski definition) is 1. The van der Waals surface area contributed by atoms with Gasteiger partial charge in [0, 0.05) is 18.9 Å². The van der Waals surface area contributed by atoms with Gasteiger partial charge in [-0.25, -0.2) is 4.39 Å². The third-order valence-corrected chi connectivity index (χ3v) is 2.50. The summed E-state index contributed by atoms with van der Waals surface area (Å²) in [5, 5.41) is 3.34. The number of halogens is 1. The fraction of sp³-hybridized carbons (Fsp3) is 0.231. The quantitative estimate of drug-likeness (QED) is 0.741. The van der Waals surface area contributed by atoms with Gasteiger partial charge in [-0.3, -0.25) is 0 Å². The largest absolute Gasteiger partial charge is 0.367 e. The maximum atomic E-state index is 12.6. The van der Waals surface area contributed by atoms with E-state index in [1.54, 1.807) is 0 Å². The van der Waals surface area contributed by atoms with Crippen molar-refractivity contribution in [3.05, 3.63) is 59.7 Å². The molecule has 0 radical (unpaired) electrons. The van der Waals surface area contributed by atoms with E-state index in [1.807, 2.05) is 30.6 Å². The monoisotopic (exact) mass is 218 g/mol. The summed E-state index contributed by atoms with van der Waals surface area (Å²) < 4.78 is 12.6. The fourth-order valence-electron chi connectivity index (χ4n) is 1.58. The van der Waals surface area contributed by atoms with Crippen molar-refractivity contribution in [2.75, 3.05) is 6.54 Å². The average molecular weight is 218 g/mol. The van der Waals surface area contributed by atoms with Gasteiger partial charge in [-0.15, -0.1) is 0 Å². The van der Waals surface area contributed by atoms with Crippen LogP contribution in [0.1, 0.15) is 11.1 Å². The van der Waals surface area contributed by atoms with Crippen molar-refractivity contribution in [2.45, 2.75) is 13.0 Å². The first-order chi connectivity index (χ1) is 7.84. The van der Waals surface area contributed by atoms with Gasteiger partial charge in [0.15, 0.2) is 0 Å². The zero-order valence-corrected chi connectivity index (χ0v) is 9.04. The predicted octanol–water partition coefficient (Wildman–Crippen LogP) is 2.49. The SMILES string of the molecule is Fc1ccc(CCNCc2cc[nH]c2)cc1. The van der Waals surface area contributed by atoms with Crippen LogP contribution in [0.2, 0.25) is 0 Å². The minimum atomic E-state index is -0.177. The summed E-state index contributed by atoms with van der Waals surface area (Å²) in [6.45, 7) is 1.77. The van der Waals surface area contributed by atoms with E-state index in [4.69, 9.17) is 0 Å². The van der Waals surface area contributed by atoms with Crippen molar-refractivity contribution in [3.8, 4) is 0 Å². The third-order valence-electron chi connectivity index (χ3n) is 2.50. The van der Waals surface area contributed by atoms with E-state index >= 15 is 0 Å². The van der Waals surface area contributed by atoms with Crippen LogP contribution in [0.3, 0.4) is 0 Å². The highest BCUT2D eigenvalue weighted by Crippen LogP contribution is 2.03. The van der Waals surface area contributed by atoms with E-state index < -0.39 is 0 Å². The van der Waals surface area contributed by atoms with E-state index in [9.17, 15) is 4.39 Å². The van der Waals surface area contributed by atoms with Gasteiger partial charge in [0.25, 0.3) is 0 Å². The van der Waals surface area contributed by atoms with E-state index in [1.165, 1.54) is 17.7 Å². The molecule has 0 aliphatic heterocycles. The molecular formula is C13H15FN2. The molecule has 0 atom stereocenters. The summed E-state index contributed by atoms with van der Waals surface area (Å²) >= 11 is 0. The lowest BCUT2D eigenvalue weighted by Gasteiger charge is -2.03. The van der Waals surface area contributed by atoms with E-state index in [0.29, 0.717) is 0 Å². The highest BCUT2D eigenvalue weighted by Gasteiger charge is 1.95. The van der Waals surface area contributed by atoms with Gasteiger partial charge in [0.05, 0.1) is 0 Å². The number of aromatic amines is 1. The molecule has 84 valence electrons. The molecule has 2 aromatic rings. The van der Waals surface area contributed by atoms with Crippen molar-refractivity contribution in [2.24, 2.45) is 0 Å². The van der Waals surface area contributed by atoms with E-state index in [-0.39, 0.29) is 5.82 Å². The first kappa shape index (κ1) is 10.9. The zero-order valence-electron chi connectivity index (χ0n) is 9.04. The molecule has 2 N–H and O–H groups in total. The molecule has 16 heavy (non-hydrogen) atoms. The van der Waals surface area contributed by atoms with E-state index in [2.05, 4.69) is 10.3 Å². The average Bonchev–Trinajstić information content (AvgIpc) is 2.80. The maximum absolute atomic E-state index is 12.6. The van der Waals surface area contributed by atoms with Gasteiger partial charge in [0.2, 0.25) is 0 Å². The molecule has 0 fully saturated rings. The lowest BCUT2D eigenvalue weighted by atomic mass is 10.1. The molecule has 2 rings (SSSR count).